The van der Waals surface area contributed by atoms with Gasteiger partial charge in [-0.1, -0.05) is 12.1 Å². The summed E-state index contributed by atoms with van der Waals surface area (Å²) in [5.41, 5.74) is 1.16. The zero-order valence-corrected chi connectivity index (χ0v) is 11.9. The molecule has 0 spiro atoms. The Kier molecular flexibility index (Phi) is 5.83. The summed E-state index contributed by atoms with van der Waals surface area (Å²) in [4.78, 5) is 11.7. The van der Waals surface area contributed by atoms with E-state index in [0.717, 1.165) is 24.4 Å². The standard InChI is InChI=1S/C15H22N2O3/c1-12-3-2-4-13(9-12)19-8-6-17-15(18)10-14-11-16-5-7-20-14/h2-4,9,14,16H,5-8,10-11H2,1H3,(H,17,18). The highest BCUT2D eigenvalue weighted by atomic mass is 16.5. The summed E-state index contributed by atoms with van der Waals surface area (Å²) in [6, 6.07) is 7.86. The molecule has 2 rings (SSSR count). The number of hydrogen-bond donors (Lipinski definition) is 2. The van der Waals surface area contributed by atoms with E-state index in [1.807, 2.05) is 31.2 Å². The summed E-state index contributed by atoms with van der Waals surface area (Å²) in [6.45, 7) is 5.28. The van der Waals surface area contributed by atoms with E-state index in [0.29, 0.717) is 26.2 Å². The third-order valence-corrected chi connectivity index (χ3v) is 3.10. The van der Waals surface area contributed by atoms with E-state index in [9.17, 15) is 4.79 Å². The van der Waals surface area contributed by atoms with Gasteiger partial charge in [-0.25, -0.2) is 0 Å². The Hall–Kier alpha value is -1.59. The van der Waals surface area contributed by atoms with Gasteiger partial charge in [0.2, 0.25) is 5.91 Å². The number of aryl methyl sites for hydroxylation is 1. The number of nitrogens with one attached hydrogen (secondary N) is 2. The Balaban J connectivity index is 1.59. The van der Waals surface area contributed by atoms with Gasteiger partial charge in [-0.2, -0.15) is 0 Å². The topological polar surface area (TPSA) is 59.6 Å². The van der Waals surface area contributed by atoms with Crippen molar-refractivity contribution in [2.45, 2.75) is 19.4 Å². The lowest BCUT2D eigenvalue weighted by molar-refractivity contribution is -0.124. The molecule has 0 bridgehead atoms. The molecular formula is C15H22N2O3. The predicted molar refractivity (Wildman–Crippen MR) is 76.9 cm³/mol. The number of carbonyl (C=O) groups is 1. The summed E-state index contributed by atoms with van der Waals surface area (Å²) in [5, 5.41) is 6.05. The molecule has 0 aromatic heterocycles. The van der Waals surface area contributed by atoms with Crippen LogP contribution in [0.4, 0.5) is 0 Å². The van der Waals surface area contributed by atoms with Gasteiger partial charge in [-0.05, 0) is 24.6 Å². The van der Waals surface area contributed by atoms with Crippen LogP contribution in [0.25, 0.3) is 0 Å². The van der Waals surface area contributed by atoms with Crippen molar-refractivity contribution in [1.82, 2.24) is 10.6 Å². The molecule has 1 aliphatic rings. The quantitative estimate of drug-likeness (QED) is 0.758. The minimum atomic E-state index is -0.0126. The fourth-order valence-corrected chi connectivity index (χ4v) is 2.09. The van der Waals surface area contributed by atoms with Crippen LogP contribution in [0.5, 0.6) is 5.75 Å². The third-order valence-electron chi connectivity index (χ3n) is 3.10. The molecule has 20 heavy (non-hydrogen) atoms. The number of ether oxygens (including phenoxy) is 2. The van der Waals surface area contributed by atoms with Gasteiger partial charge in [0.1, 0.15) is 12.4 Å². The van der Waals surface area contributed by atoms with Crippen molar-refractivity contribution < 1.29 is 14.3 Å². The molecule has 1 unspecified atom stereocenters. The SMILES string of the molecule is Cc1cccc(OCCNC(=O)CC2CNCCO2)c1. The van der Waals surface area contributed by atoms with Crippen molar-refractivity contribution in [3.8, 4) is 5.75 Å². The zero-order chi connectivity index (χ0) is 14.2. The van der Waals surface area contributed by atoms with Gasteiger partial charge in [0.15, 0.2) is 0 Å². The van der Waals surface area contributed by atoms with Gasteiger partial charge in [-0.15, -0.1) is 0 Å². The molecule has 5 nitrogen and oxygen atoms in total. The number of morpholine rings is 1. The Morgan fingerprint density at radius 2 is 2.45 bits per heavy atom. The summed E-state index contributed by atoms with van der Waals surface area (Å²) in [6.07, 6.45) is 0.388. The normalized spacial score (nSPS) is 18.6. The van der Waals surface area contributed by atoms with Gasteiger partial charge in [0.25, 0.3) is 0 Å². The molecule has 1 saturated heterocycles. The van der Waals surface area contributed by atoms with Crippen LogP contribution in [0.3, 0.4) is 0 Å². The molecule has 1 aliphatic heterocycles. The second kappa shape index (κ2) is 7.87. The highest BCUT2D eigenvalue weighted by Crippen LogP contribution is 2.11. The minimum Gasteiger partial charge on any atom is -0.492 e. The van der Waals surface area contributed by atoms with Crippen molar-refractivity contribution in [2.24, 2.45) is 0 Å². The maximum atomic E-state index is 11.7. The second-order valence-corrected chi connectivity index (χ2v) is 4.92. The van der Waals surface area contributed by atoms with E-state index < -0.39 is 0 Å². The molecule has 0 saturated carbocycles. The van der Waals surface area contributed by atoms with Gasteiger partial charge in [0.05, 0.1) is 25.7 Å². The van der Waals surface area contributed by atoms with E-state index in [1.54, 1.807) is 0 Å². The van der Waals surface area contributed by atoms with Crippen LogP contribution in [0.1, 0.15) is 12.0 Å². The van der Waals surface area contributed by atoms with Gasteiger partial charge >= 0.3 is 0 Å². The number of rotatable bonds is 6. The molecule has 1 amide bonds. The molecular weight excluding hydrogens is 256 g/mol. The molecule has 2 N–H and O–H groups in total. The molecule has 1 heterocycles. The first-order chi connectivity index (χ1) is 9.74. The van der Waals surface area contributed by atoms with Crippen molar-refractivity contribution in [1.29, 1.82) is 0 Å². The van der Waals surface area contributed by atoms with Crippen LogP contribution in [0.15, 0.2) is 24.3 Å². The largest absolute Gasteiger partial charge is 0.492 e. The van der Waals surface area contributed by atoms with Crippen LogP contribution in [0.2, 0.25) is 0 Å². The second-order valence-electron chi connectivity index (χ2n) is 4.92. The lowest BCUT2D eigenvalue weighted by Gasteiger charge is -2.23. The molecule has 1 fully saturated rings. The Bertz CT molecular complexity index is 431. The summed E-state index contributed by atoms with van der Waals surface area (Å²) >= 11 is 0. The number of carbonyl (C=O) groups excluding carboxylic acids is 1. The van der Waals surface area contributed by atoms with Gasteiger partial charge < -0.3 is 20.1 Å². The van der Waals surface area contributed by atoms with Crippen LogP contribution in [-0.2, 0) is 9.53 Å². The average molecular weight is 278 g/mol. The fourth-order valence-electron chi connectivity index (χ4n) is 2.09. The predicted octanol–water partition coefficient (Wildman–Crippen LogP) is 0.869. The first-order valence-corrected chi connectivity index (χ1v) is 7.02. The van der Waals surface area contributed by atoms with Crippen molar-refractivity contribution in [2.75, 3.05) is 32.8 Å². The molecule has 1 aromatic carbocycles. The molecule has 0 aliphatic carbocycles. The monoisotopic (exact) mass is 278 g/mol. The Labute approximate surface area is 119 Å². The minimum absolute atomic E-state index is 0.00606. The fraction of sp³-hybridized carbons (Fsp3) is 0.533. The first kappa shape index (κ1) is 14.8. The maximum absolute atomic E-state index is 11.7. The van der Waals surface area contributed by atoms with Crippen LogP contribution >= 0.6 is 0 Å². The highest BCUT2D eigenvalue weighted by Gasteiger charge is 2.16. The maximum Gasteiger partial charge on any atom is 0.222 e. The van der Waals surface area contributed by atoms with E-state index in [-0.39, 0.29) is 12.0 Å². The van der Waals surface area contributed by atoms with Crippen molar-refractivity contribution >= 4 is 5.91 Å². The smallest absolute Gasteiger partial charge is 0.222 e. The highest BCUT2D eigenvalue weighted by molar-refractivity contribution is 5.76. The third kappa shape index (κ3) is 5.19. The van der Waals surface area contributed by atoms with E-state index in [4.69, 9.17) is 9.47 Å². The molecule has 5 heteroatoms. The van der Waals surface area contributed by atoms with E-state index in [1.165, 1.54) is 0 Å². The molecule has 1 atom stereocenters. The number of amides is 1. The summed E-state index contributed by atoms with van der Waals surface area (Å²) in [7, 11) is 0. The van der Waals surface area contributed by atoms with Crippen LogP contribution < -0.4 is 15.4 Å². The van der Waals surface area contributed by atoms with Crippen molar-refractivity contribution in [3.63, 3.8) is 0 Å². The van der Waals surface area contributed by atoms with Crippen LogP contribution in [-0.4, -0.2) is 44.9 Å². The zero-order valence-electron chi connectivity index (χ0n) is 11.9. The average Bonchev–Trinajstić information content (AvgIpc) is 2.45. The first-order valence-electron chi connectivity index (χ1n) is 7.02. The molecule has 0 radical (unpaired) electrons. The Morgan fingerprint density at radius 1 is 1.55 bits per heavy atom. The lowest BCUT2D eigenvalue weighted by Crippen LogP contribution is -2.41. The van der Waals surface area contributed by atoms with E-state index in [2.05, 4.69) is 10.6 Å². The lowest BCUT2D eigenvalue weighted by atomic mass is 10.2. The van der Waals surface area contributed by atoms with E-state index >= 15 is 0 Å². The van der Waals surface area contributed by atoms with Crippen molar-refractivity contribution in [3.05, 3.63) is 29.8 Å². The summed E-state index contributed by atoms with van der Waals surface area (Å²) < 4.78 is 11.1. The number of benzene rings is 1. The Morgan fingerprint density at radius 3 is 3.20 bits per heavy atom. The molecule has 110 valence electrons. The number of hydrogen-bond acceptors (Lipinski definition) is 4. The van der Waals surface area contributed by atoms with Gasteiger partial charge in [0, 0.05) is 13.1 Å². The summed E-state index contributed by atoms with van der Waals surface area (Å²) in [5.74, 6) is 0.839. The van der Waals surface area contributed by atoms with Gasteiger partial charge in [-0.3, -0.25) is 4.79 Å². The van der Waals surface area contributed by atoms with Crippen LogP contribution in [0, 0.1) is 6.92 Å². The molecule has 1 aromatic rings.